The maximum absolute atomic E-state index is 12.4. The average Bonchev–Trinajstić information content (AvgIpc) is 2.49. The standard InChI is InChI=1S/C16H26N4O/c1-4-19-7-9-20(10-8-19)13(3)16(21)18-15-6-5-14(17)11-12(15)2/h5-6,11,13H,4,7-10,17H2,1-3H3,(H,18,21). The van der Waals surface area contributed by atoms with Gasteiger partial charge in [-0.1, -0.05) is 6.92 Å². The fourth-order valence-corrected chi connectivity index (χ4v) is 2.70. The summed E-state index contributed by atoms with van der Waals surface area (Å²) >= 11 is 0. The maximum atomic E-state index is 12.4. The largest absolute Gasteiger partial charge is 0.399 e. The number of carbonyl (C=O) groups excluding carboxylic acids is 1. The van der Waals surface area contributed by atoms with Crippen LogP contribution in [0.4, 0.5) is 11.4 Å². The van der Waals surface area contributed by atoms with Gasteiger partial charge >= 0.3 is 0 Å². The molecule has 116 valence electrons. The number of benzene rings is 1. The lowest BCUT2D eigenvalue weighted by atomic mass is 10.1. The van der Waals surface area contributed by atoms with Crippen LogP contribution in [0.5, 0.6) is 0 Å². The zero-order chi connectivity index (χ0) is 15.4. The van der Waals surface area contributed by atoms with Crippen LogP contribution in [0, 0.1) is 6.92 Å². The molecule has 0 spiro atoms. The monoisotopic (exact) mass is 290 g/mol. The smallest absolute Gasteiger partial charge is 0.241 e. The van der Waals surface area contributed by atoms with Crippen LogP contribution in [0.25, 0.3) is 0 Å². The van der Waals surface area contributed by atoms with Gasteiger partial charge in [0.1, 0.15) is 0 Å². The highest BCUT2D eigenvalue weighted by atomic mass is 16.2. The van der Waals surface area contributed by atoms with Gasteiger partial charge in [-0.2, -0.15) is 0 Å². The molecule has 1 amide bonds. The van der Waals surface area contributed by atoms with Crippen molar-refractivity contribution in [1.29, 1.82) is 0 Å². The lowest BCUT2D eigenvalue weighted by Crippen LogP contribution is -2.52. The van der Waals surface area contributed by atoms with Crippen molar-refractivity contribution in [2.45, 2.75) is 26.8 Å². The summed E-state index contributed by atoms with van der Waals surface area (Å²) in [7, 11) is 0. The Morgan fingerprint density at radius 1 is 1.33 bits per heavy atom. The summed E-state index contributed by atoms with van der Waals surface area (Å²) in [6.45, 7) is 11.2. The number of nitrogens with two attached hydrogens (primary N) is 1. The van der Waals surface area contributed by atoms with E-state index in [0.29, 0.717) is 5.69 Å². The van der Waals surface area contributed by atoms with Gasteiger partial charge in [0.2, 0.25) is 5.91 Å². The topological polar surface area (TPSA) is 61.6 Å². The lowest BCUT2D eigenvalue weighted by Gasteiger charge is -2.36. The van der Waals surface area contributed by atoms with Crippen molar-refractivity contribution in [3.63, 3.8) is 0 Å². The molecular weight excluding hydrogens is 264 g/mol. The van der Waals surface area contributed by atoms with Crippen molar-refractivity contribution < 1.29 is 4.79 Å². The molecule has 1 aliphatic heterocycles. The van der Waals surface area contributed by atoms with Gasteiger partial charge in [0.15, 0.2) is 0 Å². The number of amides is 1. The second kappa shape index (κ2) is 6.91. The predicted octanol–water partition coefficient (Wildman–Crippen LogP) is 1.54. The Morgan fingerprint density at radius 3 is 2.57 bits per heavy atom. The first-order chi connectivity index (χ1) is 10.0. The minimum absolute atomic E-state index is 0.0489. The molecular formula is C16H26N4O. The molecule has 3 N–H and O–H groups in total. The third kappa shape index (κ3) is 3.95. The van der Waals surface area contributed by atoms with E-state index >= 15 is 0 Å². The fourth-order valence-electron chi connectivity index (χ4n) is 2.70. The van der Waals surface area contributed by atoms with Gasteiger partial charge in [-0.25, -0.2) is 0 Å². The predicted molar refractivity (Wildman–Crippen MR) is 87.4 cm³/mol. The summed E-state index contributed by atoms with van der Waals surface area (Å²) in [6.07, 6.45) is 0. The summed E-state index contributed by atoms with van der Waals surface area (Å²) < 4.78 is 0. The van der Waals surface area contributed by atoms with E-state index in [1.54, 1.807) is 0 Å². The van der Waals surface area contributed by atoms with Crippen molar-refractivity contribution in [2.75, 3.05) is 43.8 Å². The second-order valence-electron chi connectivity index (χ2n) is 5.71. The van der Waals surface area contributed by atoms with E-state index in [-0.39, 0.29) is 11.9 Å². The van der Waals surface area contributed by atoms with Gasteiger partial charge in [0, 0.05) is 37.6 Å². The molecule has 1 saturated heterocycles. The first-order valence-electron chi connectivity index (χ1n) is 7.64. The summed E-state index contributed by atoms with van der Waals surface area (Å²) in [5.74, 6) is 0.0489. The first kappa shape index (κ1) is 15.8. The molecule has 1 heterocycles. The highest BCUT2D eigenvalue weighted by molar-refractivity contribution is 5.95. The number of likely N-dealkylation sites (N-methyl/N-ethyl adjacent to an activating group) is 1. The first-order valence-corrected chi connectivity index (χ1v) is 7.64. The van der Waals surface area contributed by atoms with Gasteiger partial charge in [-0.05, 0) is 44.2 Å². The number of anilines is 2. The van der Waals surface area contributed by atoms with Crippen LogP contribution in [0.15, 0.2) is 18.2 Å². The molecule has 1 atom stereocenters. The van der Waals surface area contributed by atoms with Gasteiger partial charge in [0.25, 0.3) is 0 Å². The molecule has 0 saturated carbocycles. The van der Waals surface area contributed by atoms with E-state index in [0.717, 1.165) is 44.0 Å². The Hall–Kier alpha value is -1.59. The number of nitrogen functional groups attached to an aromatic ring is 1. The molecule has 1 aromatic carbocycles. The van der Waals surface area contributed by atoms with Gasteiger partial charge in [-0.3, -0.25) is 9.69 Å². The van der Waals surface area contributed by atoms with Crippen LogP contribution in [0.3, 0.4) is 0 Å². The number of carbonyl (C=O) groups is 1. The quantitative estimate of drug-likeness (QED) is 0.826. The van der Waals surface area contributed by atoms with Gasteiger partial charge in [0.05, 0.1) is 6.04 Å². The Kier molecular flexibility index (Phi) is 5.20. The van der Waals surface area contributed by atoms with E-state index in [1.165, 1.54) is 0 Å². The van der Waals surface area contributed by atoms with Crippen LogP contribution in [-0.4, -0.2) is 54.5 Å². The normalized spacial score (nSPS) is 18.4. The Morgan fingerprint density at radius 2 is 2.00 bits per heavy atom. The summed E-state index contributed by atoms with van der Waals surface area (Å²) in [6, 6.07) is 5.44. The Bertz CT molecular complexity index is 495. The number of hydrogen-bond acceptors (Lipinski definition) is 4. The number of hydrogen-bond donors (Lipinski definition) is 2. The van der Waals surface area contributed by atoms with E-state index in [9.17, 15) is 4.79 Å². The van der Waals surface area contributed by atoms with Gasteiger partial charge < -0.3 is 16.0 Å². The highest BCUT2D eigenvalue weighted by Gasteiger charge is 2.25. The van der Waals surface area contributed by atoms with Crippen LogP contribution < -0.4 is 11.1 Å². The van der Waals surface area contributed by atoms with Crippen LogP contribution in [0.2, 0.25) is 0 Å². The highest BCUT2D eigenvalue weighted by Crippen LogP contribution is 2.18. The third-order valence-corrected chi connectivity index (χ3v) is 4.29. The molecule has 21 heavy (non-hydrogen) atoms. The molecule has 0 radical (unpaired) electrons. The number of nitrogens with zero attached hydrogens (tertiary/aromatic N) is 2. The van der Waals surface area contributed by atoms with Crippen molar-refractivity contribution >= 4 is 17.3 Å². The summed E-state index contributed by atoms with van der Waals surface area (Å²) in [5.41, 5.74) is 8.29. The maximum Gasteiger partial charge on any atom is 0.241 e. The number of nitrogens with one attached hydrogen (secondary N) is 1. The molecule has 5 heteroatoms. The molecule has 5 nitrogen and oxygen atoms in total. The van der Waals surface area contributed by atoms with Gasteiger partial charge in [-0.15, -0.1) is 0 Å². The molecule has 1 fully saturated rings. The average molecular weight is 290 g/mol. The van der Waals surface area contributed by atoms with E-state index in [2.05, 4.69) is 22.0 Å². The van der Waals surface area contributed by atoms with E-state index in [4.69, 9.17) is 5.73 Å². The molecule has 0 aliphatic carbocycles. The molecule has 1 aromatic rings. The van der Waals surface area contributed by atoms with Crippen molar-refractivity contribution in [2.24, 2.45) is 0 Å². The van der Waals surface area contributed by atoms with Crippen molar-refractivity contribution in [3.8, 4) is 0 Å². The Balaban J connectivity index is 1.93. The molecule has 1 aliphatic rings. The Labute approximate surface area is 127 Å². The SMILES string of the molecule is CCN1CCN(C(C)C(=O)Nc2ccc(N)cc2C)CC1. The van der Waals surface area contributed by atoms with Crippen LogP contribution >= 0.6 is 0 Å². The number of aryl methyl sites for hydroxylation is 1. The second-order valence-corrected chi connectivity index (χ2v) is 5.71. The third-order valence-electron chi connectivity index (χ3n) is 4.29. The van der Waals surface area contributed by atoms with Crippen molar-refractivity contribution in [3.05, 3.63) is 23.8 Å². The van der Waals surface area contributed by atoms with E-state index < -0.39 is 0 Å². The number of piperazine rings is 1. The number of rotatable bonds is 4. The zero-order valence-electron chi connectivity index (χ0n) is 13.2. The van der Waals surface area contributed by atoms with Crippen molar-refractivity contribution in [1.82, 2.24) is 9.80 Å². The summed E-state index contributed by atoms with van der Waals surface area (Å²) in [5, 5.41) is 3.01. The lowest BCUT2D eigenvalue weighted by molar-refractivity contribution is -0.121. The molecule has 2 rings (SSSR count). The van der Waals surface area contributed by atoms with Crippen LogP contribution in [0.1, 0.15) is 19.4 Å². The van der Waals surface area contributed by atoms with E-state index in [1.807, 2.05) is 32.0 Å². The fraction of sp³-hybridized carbons (Fsp3) is 0.562. The van der Waals surface area contributed by atoms with Crippen LogP contribution in [-0.2, 0) is 4.79 Å². The summed E-state index contributed by atoms with van der Waals surface area (Å²) in [4.78, 5) is 17.1. The minimum Gasteiger partial charge on any atom is -0.399 e. The zero-order valence-corrected chi connectivity index (χ0v) is 13.2. The minimum atomic E-state index is -0.110. The molecule has 0 bridgehead atoms. The molecule has 1 unspecified atom stereocenters. The molecule has 0 aromatic heterocycles.